The maximum atomic E-state index is 12.5. The van der Waals surface area contributed by atoms with Crippen LogP contribution in [0.1, 0.15) is 16.2 Å². The van der Waals surface area contributed by atoms with Crippen molar-refractivity contribution in [2.45, 2.75) is 6.54 Å². The van der Waals surface area contributed by atoms with E-state index in [1.807, 2.05) is 30.3 Å². The fraction of sp³-hybridized carbons (Fsp3) is 0.167. The van der Waals surface area contributed by atoms with Crippen LogP contribution in [0.15, 0.2) is 59.1 Å². The smallest absolute Gasteiger partial charge is 0.254 e. The highest BCUT2D eigenvalue weighted by Gasteiger charge is 2.16. The van der Waals surface area contributed by atoms with Gasteiger partial charge in [0.2, 0.25) is 11.7 Å². The van der Waals surface area contributed by atoms with Crippen LogP contribution >= 0.6 is 0 Å². The number of ether oxygens (including phenoxy) is 1. The molecule has 1 heterocycles. The van der Waals surface area contributed by atoms with E-state index in [0.29, 0.717) is 23.0 Å². The van der Waals surface area contributed by atoms with Crippen LogP contribution in [0.5, 0.6) is 5.75 Å². The molecule has 0 spiro atoms. The molecule has 0 unspecified atom stereocenters. The Kier molecular flexibility index (Phi) is 4.56. The summed E-state index contributed by atoms with van der Waals surface area (Å²) in [6.45, 7) is 0.232. The fourth-order valence-corrected chi connectivity index (χ4v) is 2.27. The molecule has 3 aromatic rings. The lowest BCUT2D eigenvalue weighted by Gasteiger charge is -2.15. The monoisotopic (exact) mass is 323 g/mol. The molecule has 0 bridgehead atoms. The van der Waals surface area contributed by atoms with Crippen molar-refractivity contribution in [3.05, 3.63) is 66.1 Å². The first-order valence-corrected chi connectivity index (χ1v) is 7.45. The van der Waals surface area contributed by atoms with Gasteiger partial charge in [-0.25, -0.2) is 0 Å². The summed E-state index contributed by atoms with van der Waals surface area (Å²) >= 11 is 0. The van der Waals surface area contributed by atoms with Crippen LogP contribution in [0.3, 0.4) is 0 Å². The van der Waals surface area contributed by atoms with Crippen molar-refractivity contribution in [1.82, 2.24) is 15.0 Å². The molecule has 0 N–H and O–H groups in total. The van der Waals surface area contributed by atoms with Crippen molar-refractivity contribution in [1.29, 1.82) is 0 Å². The molecule has 122 valence electrons. The Morgan fingerprint density at radius 3 is 2.71 bits per heavy atom. The summed E-state index contributed by atoms with van der Waals surface area (Å²) in [7, 11) is 3.26. The second-order valence-electron chi connectivity index (χ2n) is 5.27. The number of hydrogen-bond donors (Lipinski definition) is 0. The molecule has 6 heteroatoms. The van der Waals surface area contributed by atoms with Gasteiger partial charge in [0.05, 0.1) is 13.7 Å². The molecule has 0 aliphatic rings. The van der Waals surface area contributed by atoms with Crippen molar-refractivity contribution in [2.24, 2.45) is 0 Å². The second-order valence-corrected chi connectivity index (χ2v) is 5.27. The molecule has 0 atom stereocenters. The first kappa shape index (κ1) is 15.7. The molecule has 1 aromatic heterocycles. The highest BCUT2D eigenvalue weighted by atomic mass is 16.5. The summed E-state index contributed by atoms with van der Waals surface area (Å²) in [6.07, 6.45) is 0. The Balaban J connectivity index is 1.71. The van der Waals surface area contributed by atoms with Gasteiger partial charge in [-0.1, -0.05) is 41.6 Å². The third-order valence-corrected chi connectivity index (χ3v) is 3.54. The van der Waals surface area contributed by atoms with Crippen LogP contribution in [0.4, 0.5) is 0 Å². The SMILES string of the molecule is COc1cccc(C(=O)N(C)Cc2nc(-c3ccccc3)no2)c1. The average Bonchev–Trinajstić information content (AvgIpc) is 3.10. The van der Waals surface area contributed by atoms with Crippen molar-refractivity contribution in [3.63, 3.8) is 0 Å². The molecule has 0 saturated heterocycles. The summed E-state index contributed by atoms with van der Waals surface area (Å²) in [6, 6.07) is 16.5. The van der Waals surface area contributed by atoms with Crippen LogP contribution in [0.25, 0.3) is 11.4 Å². The lowest BCUT2D eigenvalue weighted by Crippen LogP contribution is -2.26. The number of rotatable bonds is 5. The second kappa shape index (κ2) is 6.95. The average molecular weight is 323 g/mol. The van der Waals surface area contributed by atoms with E-state index in [2.05, 4.69) is 10.1 Å². The number of nitrogens with zero attached hydrogens (tertiary/aromatic N) is 3. The maximum absolute atomic E-state index is 12.5. The van der Waals surface area contributed by atoms with Crippen LogP contribution in [0, 0.1) is 0 Å². The Labute approximate surface area is 139 Å². The van der Waals surface area contributed by atoms with E-state index >= 15 is 0 Å². The van der Waals surface area contributed by atoms with Crippen molar-refractivity contribution in [2.75, 3.05) is 14.2 Å². The van der Waals surface area contributed by atoms with E-state index in [1.54, 1.807) is 38.4 Å². The molecule has 0 saturated carbocycles. The van der Waals surface area contributed by atoms with Crippen LogP contribution in [-0.2, 0) is 6.54 Å². The van der Waals surface area contributed by atoms with Crippen molar-refractivity contribution >= 4 is 5.91 Å². The molecular formula is C18H17N3O3. The largest absolute Gasteiger partial charge is 0.497 e. The van der Waals surface area contributed by atoms with Gasteiger partial charge in [-0.05, 0) is 18.2 Å². The van der Waals surface area contributed by atoms with E-state index in [9.17, 15) is 4.79 Å². The van der Waals surface area contributed by atoms with E-state index in [-0.39, 0.29) is 12.5 Å². The lowest BCUT2D eigenvalue weighted by molar-refractivity contribution is 0.0769. The highest BCUT2D eigenvalue weighted by Crippen LogP contribution is 2.17. The fourth-order valence-electron chi connectivity index (χ4n) is 2.27. The van der Waals surface area contributed by atoms with Gasteiger partial charge in [0.25, 0.3) is 5.91 Å². The number of carbonyl (C=O) groups excluding carboxylic acids is 1. The predicted molar refractivity (Wildman–Crippen MR) is 88.5 cm³/mol. The maximum Gasteiger partial charge on any atom is 0.254 e. The zero-order valence-electron chi connectivity index (χ0n) is 13.5. The number of hydrogen-bond acceptors (Lipinski definition) is 5. The lowest BCUT2D eigenvalue weighted by atomic mass is 10.2. The molecule has 0 aliphatic heterocycles. The minimum absolute atomic E-state index is 0.145. The minimum atomic E-state index is -0.145. The predicted octanol–water partition coefficient (Wildman–Crippen LogP) is 3.02. The van der Waals surface area contributed by atoms with Gasteiger partial charge in [0.1, 0.15) is 5.75 Å². The highest BCUT2D eigenvalue weighted by molar-refractivity contribution is 5.94. The molecule has 1 amide bonds. The molecule has 6 nitrogen and oxygen atoms in total. The van der Waals surface area contributed by atoms with Gasteiger partial charge in [-0.15, -0.1) is 0 Å². The zero-order valence-corrected chi connectivity index (χ0v) is 13.5. The van der Waals surface area contributed by atoms with Crippen LogP contribution < -0.4 is 4.74 Å². The standard InChI is InChI=1S/C18H17N3O3/c1-21(18(22)14-9-6-10-15(11-14)23-2)12-16-19-17(20-24-16)13-7-4-3-5-8-13/h3-11H,12H2,1-2H3. The summed E-state index contributed by atoms with van der Waals surface area (Å²) in [5.74, 6) is 1.38. The molecular weight excluding hydrogens is 306 g/mol. The number of carbonyl (C=O) groups is 1. The minimum Gasteiger partial charge on any atom is -0.497 e. The van der Waals surface area contributed by atoms with Gasteiger partial charge in [-0.2, -0.15) is 4.98 Å². The summed E-state index contributed by atoms with van der Waals surface area (Å²) in [5, 5.41) is 3.95. The van der Waals surface area contributed by atoms with E-state index < -0.39 is 0 Å². The molecule has 3 rings (SSSR count). The summed E-state index contributed by atoms with van der Waals surface area (Å²) in [4.78, 5) is 18.3. The quantitative estimate of drug-likeness (QED) is 0.722. The summed E-state index contributed by atoms with van der Waals surface area (Å²) < 4.78 is 10.4. The number of aromatic nitrogens is 2. The van der Waals surface area contributed by atoms with E-state index in [4.69, 9.17) is 9.26 Å². The van der Waals surface area contributed by atoms with Gasteiger partial charge in [0.15, 0.2) is 0 Å². The number of benzene rings is 2. The third-order valence-electron chi connectivity index (χ3n) is 3.54. The zero-order chi connectivity index (χ0) is 16.9. The molecule has 2 aromatic carbocycles. The Morgan fingerprint density at radius 2 is 1.96 bits per heavy atom. The first-order valence-electron chi connectivity index (χ1n) is 7.45. The Morgan fingerprint density at radius 1 is 1.17 bits per heavy atom. The van der Waals surface area contributed by atoms with Crippen molar-refractivity contribution in [3.8, 4) is 17.1 Å². The molecule has 24 heavy (non-hydrogen) atoms. The van der Waals surface area contributed by atoms with Crippen molar-refractivity contribution < 1.29 is 14.1 Å². The normalized spacial score (nSPS) is 10.4. The van der Waals surface area contributed by atoms with Crippen LogP contribution in [-0.4, -0.2) is 35.1 Å². The number of amides is 1. The number of methoxy groups -OCH3 is 1. The molecule has 0 aliphatic carbocycles. The van der Waals surface area contributed by atoms with Gasteiger partial charge in [-0.3, -0.25) is 4.79 Å². The van der Waals surface area contributed by atoms with Gasteiger partial charge >= 0.3 is 0 Å². The Hall–Kier alpha value is -3.15. The first-order chi connectivity index (χ1) is 11.7. The van der Waals surface area contributed by atoms with Gasteiger partial charge < -0.3 is 14.2 Å². The van der Waals surface area contributed by atoms with Crippen LogP contribution in [0.2, 0.25) is 0 Å². The molecule has 0 fully saturated rings. The molecule has 0 radical (unpaired) electrons. The van der Waals surface area contributed by atoms with Gasteiger partial charge in [0, 0.05) is 18.2 Å². The van der Waals surface area contributed by atoms with E-state index in [1.165, 1.54) is 4.90 Å². The topological polar surface area (TPSA) is 68.5 Å². The summed E-state index contributed by atoms with van der Waals surface area (Å²) in [5.41, 5.74) is 1.41. The van der Waals surface area contributed by atoms with E-state index in [0.717, 1.165) is 5.56 Å². The Bertz CT molecular complexity index is 830. The third kappa shape index (κ3) is 3.43.